The van der Waals surface area contributed by atoms with Gasteiger partial charge in [0.25, 0.3) is 0 Å². The summed E-state index contributed by atoms with van der Waals surface area (Å²) in [5, 5.41) is 13.9. The molecular weight excluding hydrogens is 300 g/mol. The van der Waals surface area contributed by atoms with E-state index in [0.717, 1.165) is 42.1 Å². The van der Waals surface area contributed by atoms with Gasteiger partial charge in [-0.25, -0.2) is 4.68 Å². The summed E-state index contributed by atoms with van der Waals surface area (Å²) in [4.78, 5) is 0. The quantitative estimate of drug-likeness (QED) is 0.696. The van der Waals surface area contributed by atoms with Crippen LogP contribution in [0.2, 0.25) is 0 Å². The molecule has 2 aromatic carbocycles. The van der Waals surface area contributed by atoms with Crippen molar-refractivity contribution in [3.8, 4) is 17.2 Å². The smallest absolute Gasteiger partial charge is 0.127 e. The Morgan fingerprint density at radius 2 is 1.71 bits per heavy atom. The summed E-state index contributed by atoms with van der Waals surface area (Å²) in [5.41, 5.74) is 2.80. The molecule has 0 aliphatic carbocycles. The van der Waals surface area contributed by atoms with Gasteiger partial charge in [-0.2, -0.15) is 5.10 Å². The number of rotatable bonds is 7. The highest BCUT2D eigenvalue weighted by Crippen LogP contribution is 2.23. The fraction of sp³-hybridized carbons (Fsp3) is 0.250. The second-order valence-corrected chi connectivity index (χ2v) is 5.71. The van der Waals surface area contributed by atoms with Crippen LogP contribution in [0, 0.1) is 0 Å². The van der Waals surface area contributed by atoms with Gasteiger partial charge in [-0.15, -0.1) is 0 Å². The summed E-state index contributed by atoms with van der Waals surface area (Å²) in [6.45, 7) is 2.13. The molecule has 24 heavy (non-hydrogen) atoms. The Balaban J connectivity index is 1.81. The van der Waals surface area contributed by atoms with E-state index in [4.69, 9.17) is 4.74 Å². The number of unbranched alkanes of at least 4 members (excludes halogenated alkanes) is 1. The molecule has 0 spiro atoms. The average molecular weight is 322 g/mol. The van der Waals surface area contributed by atoms with Crippen LogP contribution in [0.1, 0.15) is 31.2 Å². The maximum absolute atomic E-state index is 9.36. The van der Waals surface area contributed by atoms with Gasteiger partial charge in [0, 0.05) is 5.69 Å². The normalized spacial score (nSPS) is 10.8. The highest BCUT2D eigenvalue weighted by molar-refractivity contribution is 5.40. The number of benzene rings is 2. The van der Waals surface area contributed by atoms with E-state index in [1.54, 1.807) is 0 Å². The summed E-state index contributed by atoms with van der Waals surface area (Å²) in [6.07, 6.45) is 3.18. The van der Waals surface area contributed by atoms with Gasteiger partial charge in [0.2, 0.25) is 0 Å². The molecule has 0 unspecified atom stereocenters. The third kappa shape index (κ3) is 3.84. The van der Waals surface area contributed by atoms with Crippen molar-refractivity contribution in [2.45, 2.75) is 32.8 Å². The van der Waals surface area contributed by atoms with Gasteiger partial charge >= 0.3 is 0 Å². The Bertz CT molecular complexity index is 764. The highest BCUT2D eigenvalue weighted by atomic mass is 16.5. The maximum Gasteiger partial charge on any atom is 0.127 e. The van der Waals surface area contributed by atoms with E-state index in [9.17, 15) is 5.11 Å². The van der Waals surface area contributed by atoms with Gasteiger partial charge in [0.1, 0.15) is 11.5 Å². The zero-order valence-electron chi connectivity index (χ0n) is 13.9. The van der Waals surface area contributed by atoms with Crippen LogP contribution < -0.4 is 4.74 Å². The molecule has 4 nitrogen and oxygen atoms in total. The number of aliphatic hydroxyl groups excluding tert-OH is 1. The summed E-state index contributed by atoms with van der Waals surface area (Å²) >= 11 is 0. The standard InChI is InChI=1S/C20H22N2O2/c1-2-3-7-18-14-16(15-23)21-22(18)17-10-12-20(13-11-17)24-19-8-5-4-6-9-19/h4-6,8-14,23H,2-3,7,15H2,1H3. The zero-order valence-corrected chi connectivity index (χ0v) is 13.9. The Labute approximate surface area is 142 Å². The molecule has 0 radical (unpaired) electrons. The van der Waals surface area contributed by atoms with E-state index >= 15 is 0 Å². The van der Waals surface area contributed by atoms with Crippen molar-refractivity contribution < 1.29 is 9.84 Å². The van der Waals surface area contributed by atoms with Crippen LogP contribution >= 0.6 is 0 Å². The van der Waals surface area contributed by atoms with Crippen molar-refractivity contribution in [2.24, 2.45) is 0 Å². The Morgan fingerprint density at radius 3 is 2.38 bits per heavy atom. The molecule has 4 heteroatoms. The number of nitrogens with zero attached hydrogens (tertiary/aromatic N) is 2. The zero-order chi connectivity index (χ0) is 16.8. The Morgan fingerprint density at radius 1 is 1.00 bits per heavy atom. The first kappa shape index (κ1) is 16.3. The van der Waals surface area contributed by atoms with E-state index in [0.29, 0.717) is 5.69 Å². The van der Waals surface area contributed by atoms with Crippen molar-refractivity contribution >= 4 is 0 Å². The van der Waals surface area contributed by atoms with Crippen molar-refractivity contribution in [1.29, 1.82) is 0 Å². The molecule has 3 rings (SSSR count). The number of hydrogen-bond donors (Lipinski definition) is 1. The van der Waals surface area contributed by atoms with Crippen LogP contribution in [0.4, 0.5) is 0 Å². The second-order valence-electron chi connectivity index (χ2n) is 5.71. The van der Waals surface area contributed by atoms with Gasteiger partial charge < -0.3 is 9.84 Å². The number of para-hydroxylation sites is 1. The third-order valence-corrected chi connectivity index (χ3v) is 3.84. The molecule has 0 bridgehead atoms. The molecule has 1 aromatic heterocycles. The molecule has 0 fully saturated rings. The molecule has 0 amide bonds. The number of ether oxygens (including phenoxy) is 1. The van der Waals surface area contributed by atoms with Crippen molar-refractivity contribution in [3.63, 3.8) is 0 Å². The molecule has 0 aliphatic heterocycles. The molecule has 0 saturated carbocycles. The average Bonchev–Trinajstić information content (AvgIpc) is 3.05. The Kier molecular flexibility index (Phi) is 5.29. The van der Waals surface area contributed by atoms with Gasteiger partial charge in [-0.1, -0.05) is 31.5 Å². The predicted molar refractivity (Wildman–Crippen MR) is 94.6 cm³/mol. The molecule has 3 aromatic rings. The van der Waals surface area contributed by atoms with Crippen LogP contribution in [0.3, 0.4) is 0 Å². The third-order valence-electron chi connectivity index (χ3n) is 3.84. The van der Waals surface area contributed by atoms with E-state index in [-0.39, 0.29) is 6.61 Å². The van der Waals surface area contributed by atoms with Crippen molar-refractivity contribution in [3.05, 3.63) is 72.1 Å². The topological polar surface area (TPSA) is 47.3 Å². The first-order valence-corrected chi connectivity index (χ1v) is 8.32. The summed E-state index contributed by atoms with van der Waals surface area (Å²) in [6, 6.07) is 19.5. The van der Waals surface area contributed by atoms with Gasteiger partial charge in [-0.3, -0.25) is 0 Å². The SMILES string of the molecule is CCCCc1cc(CO)nn1-c1ccc(Oc2ccccc2)cc1. The summed E-state index contributed by atoms with van der Waals surface area (Å²) < 4.78 is 7.73. The molecule has 0 aliphatic rings. The summed E-state index contributed by atoms with van der Waals surface area (Å²) in [7, 11) is 0. The van der Waals surface area contributed by atoms with Crippen molar-refractivity contribution in [1.82, 2.24) is 9.78 Å². The minimum Gasteiger partial charge on any atom is -0.457 e. The molecule has 124 valence electrons. The van der Waals surface area contributed by atoms with Crippen LogP contribution in [0.5, 0.6) is 11.5 Å². The van der Waals surface area contributed by atoms with Crippen LogP contribution in [0.25, 0.3) is 5.69 Å². The fourth-order valence-corrected chi connectivity index (χ4v) is 2.59. The van der Waals surface area contributed by atoms with E-state index in [1.165, 1.54) is 0 Å². The van der Waals surface area contributed by atoms with Crippen LogP contribution in [0.15, 0.2) is 60.7 Å². The molecular formula is C20H22N2O2. The minimum atomic E-state index is -0.0404. The van der Waals surface area contributed by atoms with Crippen LogP contribution in [-0.2, 0) is 13.0 Å². The first-order valence-electron chi connectivity index (χ1n) is 8.32. The number of aromatic nitrogens is 2. The first-order chi connectivity index (χ1) is 11.8. The Hall–Kier alpha value is -2.59. The molecule has 0 atom stereocenters. The fourth-order valence-electron chi connectivity index (χ4n) is 2.59. The minimum absolute atomic E-state index is 0.0404. The van der Waals surface area contributed by atoms with Crippen LogP contribution in [-0.4, -0.2) is 14.9 Å². The number of hydrogen-bond acceptors (Lipinski definition) is 3. The molecule has 0 saturated heterocycles. The summed E-state index contributed by atoms with van der Waals surface area (Å²) in [5.74, 6) is 1.60. The highest BCUT2D eigenvalue weighted by Gasteiger charge is 2.09. The monoisotopic (exact) mass is 322 g/mol. The molecule has 1 heterocycles. The van der Waals surface area contributed by atoms with E-state index in [1.807, 2.05) is 65.3 Å². The maximum atomic E-state index is 9.36. The lowest BCUT2D eigenvalue weighted by molar-refractivity contribution is 0.276. The van der Waals surface area contributed by atoms with Gasteiger partial charge in [-0.05, 0) is 55.3 Å². The lowest BCUT2D eigenvalue weighted by Gasteiger charge is -2.09. The van der Waals surface area contributed by atoms with Gasteiger partial charge in [0.05, 0.1) is 18.0 Å². The number of aryl methyl sites for hydroxylation is 1. The predicted octanol–water partition coefficient (Wildman–Crippen LogP) is 4.50. The van der Waals surface area contributed by atoms with Gasteiger partial charge in [0.15, 0.2) is 0 Å². The van der Waals surface area contributed by atoms with E-state index < -0.39 is 0 Å². The largest absolute Gasteiger partial charge is 0.457 e. The number of aliphatic hydroxyl groups is 1. The second kappa shape index (κ2) is 7.79. The lowest BCUT2D eigenvalue weighted by Crippen LogP contribution is -2.02. The van der Waals surface area contributed by atoms with Crippen molar-refractivity contribution in [2.75, 3.05) is 0 Å². The molecule has 1 N–H and O–H groups in total. The lowest BCUT2D eigenvalue weighted by atomic mass is 10.2. The van der Waals surface area contributed by atoms with E-state index in [2.05, 4.69) is 12.0 Å².